The molecule has 0 amide bonds. The van der Waals surface area contributed by atoms with E-state index in [-0.39, 0.29) is 5.41 Å². The lowest BCUT2D eigenvalue weighted by Crippen LogP contribution is -2.16. The second-order valence-electron chi connectivity index (χ2n) is 16.5. The maximum Gasteiger partial charge on any atom is 0.0547 e. The first-order valence-electron chi connectivity index (χ1n) is 20.6. The van der Waals surface area contributed by atoms with Crippen LogP contribution in [0.5, 0.6) is 0 Å². The van der Waals surface area contributed by atoms with Gasteiger partial charge in [0.2, 0.25) is 0 Å². The number of aromatic nitrogens is 1. The zero-order valence-electron chi connectivity index (χ0n) is 33.0. The van der Waals surface area contributed by atoms with Gasteiger partial charge in [0.15, 0.2) is 0 Å². The fourth-order valence-electron chi connectivity index (χ4n) is 10.1. The van der Waals surface area contributed by atoms with E-state index in [0.29, 0.717) is 0 Å². The van der Waals surface area contributed by atoms with Gasteiger partial charge in [-0.3, -0.25) is 0 Å². The van der Waals surface area contributed by atoms with Gasteiger partial charge in [-0.1, -0.05) is 166 Å². The number of hydrogen-bond donors (Lipinski definition) is 0. The summed E-state index contributed by atoms with van der Waals surface area (Å²) >= 11 is 0. The third kappa shape index (κ3) is 5.06. The molecule has 12 rings (SSSR count). The molecule has 1 aromatic heterocycles. The van der Waals surface area contributed by atoms with Crippen molar-refractivity contribution >= 4 is 83.3 Å². The van der Waals surface area contributed by atoms with Crippen LogP contribution < -0.4 is 4.90 Å². The fraction of sp³-hybridized carbons (Fsp3) is 0.0526. The van der Waals surface area contributed by atoms with Gasteiger partial charge in [-0.05, 0) is 115 Å². The van der Waals surface area contributed by atoms with Gasteiger partial charge in [0.25, 0.3) is 0 Å². The Morgan fingerprint density at radius 1 is 0.424 bits per heavy atom. The summed E-state index contributed by atoms with van der Waals surface area (Å²) in [5.41, 5.74) is 14.8. The van der Waals surface area contributed by atoms with Crippen molar-refractivity contribution in [1.82, 2.24) is 4.57 Å². The average molecular weight is 753 g/mol. The number of fused-ring (bicyclic) bond motifs is 5. The van der Waals surface area contributed by atoms with Gasteiger partial charge in [0.1, 0.15) is 0 Å². The quantitative estimate of drug-likeness (QED) is 0.121. The molecule has 1 aliphatic carbocycles. The molecule has 0 bridgehead atoms. The highest BCUT2D eigenvalue weighted by Gasteiger charge is 2.36. The normalized spacial score (nSPS) is 13.3. The van der Waals surface area contributed by atoms with E-state index in [0.717, 1.165) is 17.1 Å². The maximum atomic E-state index is 2.46. The zero-order valence-corrected chi connectivity index (χ0v) is 33.0. The second kappa shape index (κ2) is 12.8. The monoisotopic (exact) mass is 752 g/mol. The molecular formula is C57H40N2. The summed E-state index contributed by atoms with van der Waals surface area (Å²) in [7, 11) is 0. The first kappa shape index (κ1) is 33.7. The van der Waals surface area contributed by atoms with Crippen molar-refractivity contribution in [3.63, 3.8) is 0 Å². The van der Waals surface area contributed by atoms with E-state index >= 15 is 0 Å². The van der Waals surface area contributed by atoms with Crippen LogP contribution in [0, 0.1) is 0 Å². The molecular weight excluding hydrogens is 713 g/mol. The first-order chi connectivity index (χ1) is 29.0. The first-order valence-corrected chi connectivity index (χ1v) is 20.6. The Kier molecular flexibility index (Phi) is 7.31. The highest BCUT2D eigenvalue weighted by atomic mass is 15.1. The van der Waals surface area contributed by atoms with Crippen LogP contribution in [0.3, 0.4) is 0 Å². The Hall–Kier alpha value is -7.42. The van der Waals surface area contributed by atoms with Gasteiger partial charge in [-0.15, -0.1) is 0 Å². The van der Waals surface area contributed by atoms with Crippen molar-refractivity contribution in [2.45, 2.75) is 19.3 Å². The molecule has 11 aromatic rings. The molecule has 59 heavy (non-hydrogen) atoms. The number of rotatable bonds is 6. The highest BCUT2D eigenvalue weighted by Crippen LogP contribution is 2.51. The van der Waals surface area contributed by atoms with E-state index in [1.807, 2.05) is 0 Å². The topological polar surface area (TPSA) is 8.17 Å². The average Bonchev–Trinajstić information content (AvgIpc) is 3.75. The third-order valence-electron chi connectivity index (χ3n) is 12.9. The molecule has 0 unspecified atom stereocenters. The minimum Gasteiger partial charge on any atom is -0.310 e. The Bertz CT molecular complexity index is 3470. The van der Waals surface area contributed by atoms with Crippen LogP contribution in [0.2, 0.25) is 0 Å². The zero-order chi connectivity index (χ0) is 39.2. The van der Waals surface area contributed by atoms with Crippen LogP contribution >= 0.6 is 0 Å². The largest absolute Gasteiger partial charge is 0.310 e. The summed E-state index contributed by atoms with van der Waals surface area (Å²) in [5.74, 6) is 0. The van der Waals surface area contributed by atoms with E-state index in [9.17, 15) is 0 Å². The second-order valence-corrected chi connectivity index (χ2v) is 16.5. The van der Waals surface area contributed by atoms with Gasteiger partial charge in [0, 0.05) is 38.6 Å². The highest BCUT2D eigenvalue weighted by molar-refractivity contribution is 6.25. The van der Waals surface area contributed by atoms with E-state index in [2.05, 4.69) is 230 Å². The van der Waals surface area contributed by atoms with E-state index < -0.39 is 0 Å². The van der Waals surface area contributed by atoms with Crippen molar-refractivity contribution in [2.75, 3.05) is 4.90 Å². The molecule has 0 aliphatic heterocycles. The summed E-state index contributed by atoms with van der Waals surface area (Å²) in [6.07, 6.45) is 4.61. The molecule has 0 atom stereocenters. The Morgan fingerprint density at radius 3 is 1.95 bits per heavy atom. The molecule has 0 N–H and O–H groups in total. The number of hydrogen-bond acceptors (Lipinski definition) is 1. The summed E-state index contributed by atoms with van der Waals surface area (Å²) in [6, 6.07) is 71.5. The van der Waals surface area contributed by atoms with E-state index in [1.54, 1.807) is 0 Å². The smallest absolute Gasteiger partial charge is 0.0547 e. The number of nitrogens with zero attached hydrogens (tertiary/aromatic N) is 2. The predicted molar refractivity (Wildman–Crippen MR) is 252 cm³/mol. The standard InChI is InChI=1S/C57H40N2/c1-57(2)50-21-11-10-19-47(50)48-32-30-44(36-51(48)57)58(43-29-25-37-13-6-7-14-41(37)35-43)52-33-27-38(45-18-8-9-20-49(45)52)23-24-39-28-34-54-56-46(39)31-26-40-15-12-22-53(55(40)56)59(54)42-16-4-3-5-17-42/h3-36H,1-2H3/b24-23+. The molecule has 2 nitrogen and oxygen atoms in total. The summed E-state index contributed by atoms with van der Waals surface area (Å²) < 4.78 is 2.41. The number of benzene rings is 10. The summed E-state index contributed by atoms with van der Waals surface area (Å²) in [5, 5.41) is 10.1. The Morgan fingerprint density at radius 2 is 1.07 bits per heavy atom. The SMILES string of the molecule is CC1(C)c2ccccc2-c2ccc(N(c3ccc4ccccc4c3)c3ccc(/C=C/c4ccc5c6c4ccc4cccc(c46)n5-c4ccccc4)c4ccccc34)cc21. The predicted octanol–water partition coefficient (Wildman–Crippen LogP) is 15.6. The fourth-order valence-corrected chi connectivity index (χ4v) is 10.1. The van der Waals surface area contributed by atoms with Crippen LogP contribution in [0.4, 0.5) is 17.1 Å². The Balaban J connectivity index is 1.01. The van der Waals surface area contributed by atoms with Crippen molar-refractivity contribution in [3.8, 4) is 16.8 Å². The summed E-state index contributed by atoms with van der Waals surface area (Å²) in [4.78, 5) is 2.46. The lowest BCUT2D eigenvalue weighted by molar-refractivity contribution is 0.660. The van der Waals surface area contributed by atoms with Crippen LogP contribution in [-0.2, 0) is 5.41 Å². The molecule has 0 saturated heterocycles. The van der Waals surface area contributed by atoms with E-state index in [1.165, 1.54) is 93.2 Å². The molecule has 0 fully saturated rings. The molecule has 0 radical (unpaired) electrons. The molecule has 2 heteroatoms. The van der Waals surface area contributed by atoms with E-state index in [4.69, 9.17) is 0 Å². The van der Waals surface area contributed by atoms with Gasteiger partial charge in [-0.2, -0.15) is 0 Å². The summed E-state index contributed by atoms with van der Waals surface area (Å²) in [6.45, 7) is 4.72. The lowest BCUT2D eigenvalue weighted by atomic mass is 9.82. The molecule has 278 valence electrons. The number of anilines is 3. The molecule has 1 heterocycles. The number of para-hydroxylation sites is 1. The van der Waals surface area contributed by atoms with Crippen LogP contribution in [0.25, 0.3) is 83.1 Å². The molecule has 10 aromatic carbocycles. The van der Waals surface area contributed by atoms with Crippen LogP contribution in [-0.4, -0.2) is 4.57 Å². The van der Waals surface area contributed by atoms with Gasteiger partial charge < -0.3 is 9.47 Å². The van der Waals surface area contributed by atoms with Crippen molar-refractivity contribution < 1.29 is 0 Å². The molecule has 0 saturated carbocycles. The minimum atomic E-state index is -0.108. The maximum absolute atomic E-state index is 2.46. The molecule has 1 aliphatic rings. The van der Waals surface area contributed by atoms with Gasteiger partial charge >= 0.3 is 0 Å². The van der Waals surface area contributed by atoms with Crippen molar-refractivity contribution in [1.29, 1.82) is 0 Å². The van der Waals surface area contributed by atoms with Crippen LogP contribution in [0.15, 0.2) is 194 Å². The lowest BCUT2D eigenvalue weighted by Gasteiger charge is -2.29. The molecule has 0 spiro atoms. The van der Waals surface area contributed by atoms with Gasteiger partial charge in [0.05, 0.1) is 16.7 Å². The van der Waals surface area contributed by atoms with Crippen molar-refractivity contribution in [2.24, 2.45) is 0 Å². The minimum absolute atomic E-state index is 0.108. The van der Waals surface area contributed by atoms with Crippen molar-refractivity contribution in [3.05, 3.63) is 216 Å². The van der Waals surface area contributed by atoms with Gasteiger partial charge in [-0.25, -0.2) is 0 Å². The Labute approximate surface area is 343 Å². The van der Waals surface area contributed by atoms with Crippen LogP contribution in [0.1, 0.15) is 36.1 Å². The third-order valence-corrected chi connectivity index (χ3v) is 12.9.